The molecule has 7 nitrogen and oxygen atoms in total. The Bertz CT molecular complexity index is 784. The van der Waals surface area contributed by atoms with Crippen molar-refractivity contribution in [1.29, 1.82) is 0 Å². The summed E-state index contributed by atoms with van der Waals surface area (Å²) in [6, 6.07) is 10.4. The lowest BCUT2D eigenvalue weighted by molar-refractivity contribution is 0.262. The smallest absolute Gasteiger partial charge is 0.323 e. The SMILES string of the molecule is COc1ccccc1NC(=O)Nc1ccc(-n2ccnc2)nc1. The number of nitrogens with zero attached hydrogens (tertiary/aromatic N) is 3. The third kappa shape index (κ3) is 3.46. The van der Waals surface area contributed by atoms with Gasteiger partial charge in [-0.3, -0.25) is 4.57 Å². The van der Waals surface area contributed by atoms with Crippen molar-refractivity contribution in [2.24, 2.45) is 0 Å². The molecule has 2 N–H and O–H groups in total. The number of hydrogen-bond donors (Lipinski definition) is 2. The van der Waals surface area contributed by atoms with Crippen LogP contribution in [0.1, 0.15) is 0 Å². The monoisotopic (exact) mass is 309 g/mol. The number of nitrogens with one attached hydrogen (secondary N) is 2. The molecule has 2 heterocycles. The molecule has 0 unspecified atom stereocenters. The molecule has 0 aliphatic rings. The van der Waals surface area contributed by atoms with Gasteiger partial charge in [-0.1, -0.05) is 12.1 Å². The number of amides is 2. The van der Waals surface area contributed by atoms with E-state index >= 15 is 0 Å². The second kappa shape index (κ2) is 6.61. The fourth-order valence-corrected chi connectivity index (χ4v) is 2.04. The van der Waals surface area contributed by atoms with Gasteiger partial charge < -0.3 is 15.4 Å². The number of carbonyl (C=O) groups excluding carboxylic acids is 1. The van der Waals surface area contributed by atoms with E-state index in [0.717, 1.165) is 5.82 Å². The van der Waals surface area contributed by atoms with Crippen LogP contribution in [0.3, 0.4) is 0 Å². The predicted molar refractivity (Wildman–Crippen MR) is 87.0 cm³/mol. The third-order valence-corrected chi connectivity index (χ3v) is 3.13. The second-order valence-electron chi connectivity index (χ2n) is 4.65. The summed E-state index contributed by atoms with van der Waals surface area (Å²) >= 11 is 0. The fourth-order valence-electron chi connectivity index (χ4n) is 2.04. The van der Waals surface area contributed by atoms with Crippen molar-refractivity contribution in [3.63, 3.8) is 0 Å². The van der Waals surface area contributed by atoms with Gasteiger partial charge in [-0.2, -0.15) is 0 Å². The van der Waals surface area contributed by atoms with Crippen LogP contribution in [0, 0.1) is 0 Å². The Morgan fingerprint density at radius 2 is 2.04 bits per heavy atom. The van der Waals surface area contributed by atoms with Gasteiger partial charge in [-0.05, 0) is 24.3 Å². The number of aromatic nitrogens is 3. The highest BCUT2D eigenvalue weighted by Gasteiger charge is 2.07. The summed E-state index contributed by atoms with van der Waals surface area (Å²) in [4.78, 5) is 20.3. The molecular formula is C16H15N5O2. The molecule has 0 atom stereocenters. The maximum atomic E-state index is 12.0. The molecule has 0 spiro atoms. The Kier molecular flexibility index (Phi) is 4.19. The van der Waals surface area contributed by atoms with Gasteiger partial charge >= 0.3 is 6.03 Å². The lowest BCUT2D eigenvalue weighted by Gasteiger charge is -2.11. The summed E-state index contributed by atoms with van der Waals surface area (Å²) in [5, 5.41) is 5.46. The highest BCUT2D eigenvalue weighted by molar-refractivity contribution is 6.00. The maximum Gasteiger partial charge on any atom is 0.323 e. The van der Waals surface area contributed by atoms with Gasteiger partial charge in [0.25, 0.3) is 0 Å². The fraction of sp³-hybridized carbons (Fsp3) is 0.0625. The molecule has 2 amide bonds. The molecule has 0 bridgehead atoms. The number of methoxy groups -OCH3 is 1. The maximum absolute atomic E-state index is 12.0. The number of hydrogen-bond acceptors (Lipinski definition) is 4. The van der Waals surface area contributed by atoms with Crippen molar-refractivity contribution in [3.05, 3.63) is 61.3 Å². The van der Waals surface area contributed by atoms with Crippen molar-refractivity contribution in [3.8, 4) is 11.6 Å². The number of pyridine rings is 1. The van der Waals surface area contributed by atoms with Crippen molar-refractivity contribution >= 4 is 17.4 Å². The van der Waals surface area contributed by atoms with Crippen molar-refractivity contribution < 1.29 is 9.53 Å². The zero-order chi connectivity index (χ0) is 16.1. The van der Waals surface area contributed by atoms with Gasteiger partial charge in [0.05, 0.1) is 24.7 Å². The van der Waals surface area contributed by atoms with E-state index in [1.807, 2.05) is 12.1 Å². The van der Waals surface area contributed by atoms with Crippen LogP contribution in [0.5, 0.6) is 5.75 Å². The molecule has 0 aliphatic carbocycles. The number of urea groups is 1. The molecule has 7 heteroatoms. The quantitative estimate of drug-likeness (QED) is 0.776. The molecule has 0 aliphatic heterocycles. The predicted octanol–water partition coefficient (Wildman–Crippen LogP) is 2.92. The van der Waals surface area contributed by atoms with Gasteiger partial charge in [0.2, 0.25) is 0 Å². The summed E-state index contributed by atoms with van der Waals surface area (Å²) in [6.45, 7) is 0. The summed E-state index contributed by atoms with van der Waals surface area (Å²) in [5.74, 6) is 1.31. The van der Waals surface area contributed by atoms with E-state index in [9.17, 15) is 4.79 Å². The molecule has 0 saturated carbocycles. The number of carbonyl (C=O) groups is 1. The lowest BCUT2D eigenvalue weighted by atomic mass is 10.3. The van der Waals surface area contributed by atoms with Crippen LogP contribution < -0.4 is 15.4 Å². The minimum Gasteiger partial charge on any atom is -0.495 e. The van der Waals surface area contributed by atoms with E-state index in [4.69, 9.17) is 4.74 Å². The first kappa shape index (κ1) is 14.6. The summed E-state index contributed by atoms with van der Waals surface area (Å²) < 4.78 is 6.97. The van der Waals surface area contributed by atoms with Crippen LogP contribution in [-0.2, 0) is 0 Å². The highest BCUT2D eigenvalue weighted by atomic mass is 16.5. The molecule has 116 valence electrons. The Morgan fingerprint density at radius 3 is 2.74 bits per heavy atom. The van der Waals surface area contributed by atoms with Crippen LogP contribution in [0.2, 0.25) is 0 Å². The molecule has 0 saturated heterocycles. The first-order chi connectivity index (χ1) is 11.3. The average Bonchev–Trinajstić information content (AvgIpc) is 3.10. The highest BCUT2D eigenvalue weighted by Crippen LogP contribution is 2.23. The molecule has 0 fully saturated rings. The van der Waals surface area contributed by atoms with E-state index in [-0.39, 0.29) is 6.03 Å². The molecule has 3 rings (SSSR count). The van der Waals surface area contributed by atoms with Crippen LogP contribution in [0.25, 0.3) is 5.82 Å². The van der Waals surface area contributed by atoms with Crippen molar-refractivity contribution in [2.45, 2.75) is 0 Å². The van der Waals surface area contributed by atoms with Crippen molar-refractivity contribution in [2.75, 3.05) is 17.7 Å². The molecule has 1 aromatic carbocycles. The molecule has 23 heavy (non-hydrogen) atoms. The van der Waals surface area contributed by atoms with Crippen LogP contribution in [-0.4, -0.2) is 27.7 Å². The van der Waals surface area contributed by atoms with E-state index in [1.165, 1.54) is 0 Å². The van der Waals surface area contributed by atoms with Crippen LogP contribution >= 0.6 is 0 Å². The molecule has 0 radical (unpaired) electrons. The summed E-state index contributed by atoms with van der Waals surface area (Å²) in [5.41, 5.74) is 1.18. The van der Waals surface area contributed by atoms with Crippen molar-refractivity contribution in [1.82, 2.24) is 14.5 Å². The Morgan fingerprint density at radius 1 is 1.17 bits per heavy atom. The van der Waals surface area contributed by atoms with Gasteiger partial charge in [0, 0.05) is 12.4 Å². The average molecular weight is 309 g/mol. The number of rotatable bonds is 4. The number of para-hydroxylation sites is 2. The van der Waals surface area contributed by atoms with Gasteiger partial charge in [0.15, 0.2) is 0 Å². The van der Waals surface area contributed by atoms with E-state index in [0.29, 0.717) is 17.1 Å². The molecule has 3 aromatic rings. The van der Waals surface area contributed by atoms with Crippen LogP contribution in [0.4, 0.5) is 16.2 Å². The summed E-state index contributed by atoms with van der Waals surface area (Å²) in [6.07, 6.45) is 6.71. The standard InChI is InChI=1S/C16H15N5O2/c1-23-14-5-3-2-4-13(14)20-16(22)19-12-6-7-15(18-10-12)21-9-8-17-11-21/h2-11H,1H3,(H2,19,20,22). The summed E-state index contributed by atoms with van der Waals surface area (Å²) in [7, 11) is 1.55. The Balaban J connectivity index is 1.66. The van der Waals surface area contributed by atoms with Gasteiger partial charge in [-0.15, -0.1) is 0 Å². The Labute approximate surface area is 133 Å². The number of ether oxygens (including phenoxy) is 1. The molecular weight excluding hydrogens is 294 g/mol. The van der Waals surface area contributed by atoms with E-state index in [1.54, 1.807) is 60.9 Å². The zero-order valence-corrected chi connectivity index (χ0v) is 12.4. The van der Waals surface area contributed by atoms with E-state index in [2.05, 4.69) is 20.6 Å². The molecule has 2 aromatic heterocycles. The first-order valence-corrected chi connectivity index (χ1v) is 6.91. The van der Waals surface area contributed by atoms with Crippen LogP contribution in [0.15, 0.2) is 61.3 Å². The minimum atomic E-state index is -0.369. The normalized spacial score (nSPS) is 10.1. The zero-order valence-electron chi connectivity index (χ0n) is 12.4. The number of anilines is 2. The van der Waals surface area contributed by atoms with Gasteiger partial charge in [0.1, 0.15) is 17.9 Å². The topological polar surface area (TPSA) is 81.1 Å². The first-order valence-electron chi connectivity index (χ1n) is 6.91. The second-order valence-corrected chi connectivity index (χ2v) is 4.65. The number of imidazole rings is 1. The Hall–Kier alpha value is -3.35. The number of benzene rings is 1. The third-order valence-electron chi connectivity index (χ3n) is 3.13. The largest absolute Gasteiger partial charge is 0.495 e. The minimum absolute atomic E-state index is 0.369. The van der Waals surface area contributed by atoms with Gasteiger partial charge in [-0.25, -0.2) is 14.8 Å². The lowest BCUT2D eigenvalue weighted by Crippen LogP contribution is -2.19. The van der Waals surface area contributed by atoms with E-state index < -0.39 is 0 Å².